The van der Waals surface area contributed by atoms with Crippen molar-refractivity contribution in [1.82, 2.24) is 14.9 Å². The highest BCUT2D eigenvalue weighted by molar-refractivity contribution is 6.31. The summed E-state index contributed by atoms with van der Waals surface area (Å²) in [5, 5.41) is 4.49. The number of benzene rings is 1. The molecule has 2 atom stereocenters. The van der Waals surface area contributed by atoms with Crippen LogP contribution in [0.5, 0.6) is 0 Å². The Bertz CT molecular complexity index is 636. The van der Waals surface area contributed by atoms with Crippen molar-refractivity contribution < 1.29 is 0 Å². The van der Waals surface area contributed by atoms with Gasteiger partial charge in [-0.05, 0) is 49.8 Å². The van der Waals surface area contributed by atoms with Gasteiger partial charge in [-0.2, -0.15) is 0 Å². The number of hydrogen-bond donors (Lipinski definition) is 1. The highest BCUT2D eigenvalue weighted by Crippen LogP contribution is 2.33. The summed E-state index contributed by atoms with van der Waals surface area (Å²) in [6.45, 7) is 0. The second-order valence-electron chi connectivity index (χ2n) is 6.40. The third-order valence-electron chi connectivity index (χ3n) is 4.98. The number of fused-ring (bicyclic) bond motifs is 3. The molecular weight excluding hydrogens is 270 g/mol. The normalized spacial score (nSPS) is 29.2. The lowest BCUT2D eigenvalue weighted by Gasteiger charge is -2.28. The molecule has 2 bridgehead atoms. The number of rotatable bonds is 2. The van der Waals surface area contributed by atoms with Crippen molar-refractivity contribution in [3.8, 4) is 0 Å². The number of aryl methyl sites for hydroxylation is 1. The summed E-state index contributed by atoms with van der Waals surface area (Å²) in [5.74, 6) is 1.98. The van der Waals surface area contributed by atoms with Gasteiger partial charge in [-0.25, -0.2) is 4.98 Å². The van der Waals surface area contributed by atoms with E-state index >= 15 is 0 Å². The number of imidazole rings is 1. The first-order valence-electron chi connectivity index (χ1n) is 7.56. The van der Waals surface area contributed by atoms with Crippen LogP contribution in [0.2, 0.25) is 5.02 Å². The predicted molar refractivity (Wildman–Crippen MR) is 82.1 cm³/mol. The van der Waals surface area contributed by atoms with Crippen LogP contribution in [-0.4, -0.2) is 21.6 Å². The van der Waals surface area contributed by atoms with Crippen LogP contribution in [0.3, 0.4) is 0 Å². The molecule has 4 heteroatoms. The molecule has 3 heterocycles. The van der Waals surface area contributed by atoms with Gasteiger partial charge in [0.1, 0.15) is 5.82 Å². The molecule has 1 aromatic heterocycles. The van der Waals surface area contributed by atoms with E-state index in [9.17, 15) is 0 Å². The first kappa shape index (κ1) is 12.7. The standard InChI is InChI=1S/C16H20ClN3/c1-20-15-9-11(17)2-5-14(15)19-16(20)8-10-6-12-3-4-13(7-10)18-12/h2,5,9-10,12-13,18H,3-4,6-8H2,1H3. The zero-order valence-corrected chi connectivity index (χ0v) is 12.5. The van der Waals surface area contributed by atoms with Crippen LogP contribution >= 0.6 is 11.6 Å². The minimum atomic E-state index is 0.753. The second-order valence-corrected chi connectivity index (χ2v) is 6.84. The van der Waals surface area contributed by atoms with Crippen LogP contribution in [0.25, 0.3) is 11.0 Å². The molecule has 4 rings (SSSR count). The molecule has 0 spiro atoms. The zero-order valence-electron chi connectivity index (χ0n) is 11.8. The molecule has 0 saturated carbocycles. The van der Waals surface area contributed by atoms with Gasteiger partial charge in [0, 0.05) is 30.6 Å². The van der Waals surface area contributed by atoms with E-state index in [-0.39, 0.29) is 0 Å². The number of hydrogen-bond acceptors (Lipinski definition) is 2. The Morgan fingerprint density at radius 2 is 2.05 bits per heavy atom. The number of aromatic nitrogens is 2. The van der Waals surface area contributed by atoms with Gasteiger partial charge in [0.05, 0.1) is 11.0 Å². The Kier molecular flexibility index (Phi) is 3.00. The Morgan fingerprint density at radius 3 is 2.80 bits per heavy atom. The molecule has 3 nitrogen and oxygen atoms in total. The monoisotopic (exact) mass is 289 g/mol. The lowest BCUT2D eigenvalue weighted by atomic mass is 9.89. The number of nitrogens with zero attached hydrogens (tertiary/aromatic N) is 2. The Labute approximate surface area is 124 Å². The van der Waals surface area contributed by atoms with Gasteiger partial charge in [0.25, 0.3) is 0 Å². The maximum Gasteiger partial charge on any atom is 0.109 e. The predicted octanol–water partition coefficient (Wildman–Crippen LogP) is 3.30. The van der Waals surface area contributed by atoms with Gasteiger partial charge in [-0.15, -0.1) is 0 Å². The summed E-state index contributed by atoms with van der Waals surface area (Å²) in [6, 6.07) is 7.46. The first-order valence-corrected chi connectivity index (χ1v) is 7.94. The Morgan fingerprint density at radius 1 is 1.30 bits per heavy atom. The molecule has 2 saturated heterocycles. The smallest absolute Gasteiger partial charge is 0.109 e. The third-order valence-corrected chi connectivity index (χ3v) is 5.21. The van der Waals surface area contributed by atoms with Gasteiger partial charge in [0.2, 0.25) is 0 Å². The summed E-state index contributed by atoms with van der Waals surface area (Å²) < 4.78 is 2.21. The molecule has 0 radical (unpaired) electrons. The topological polar surface area (TPSA) is 29.9 Å². The molecule has 2 unspecified atom stereocenters. The van der Waals surface area contributed by atoms with Crippen LogP contribution in [-0.2, 0) is 13.5 Å². The average molecular weight is 290 g/mol. The van der Waals surface area contributed by atoms with Crippen LogP contribution < -0.4 is 5.32 Å². The van der Waals surface area contributed by atoms with Gasteiger partial charge in [-0.3, -0.25) is 0 Å². The highest BCUT2D eigenvalue weighted by atomic mass is 35.5. The van der Waals surface area contributed by atoms with E-state index in [0.29, 0.717) is 0 Å². The Hall–Kier alpha value is -1.06. The van der Waals surface area contributed by atoms with E-state index in [1.54, 1.807) is 0 Å². The van der Waals surface area contributed by atoms with Crippen molar-refractivity contribution in [1.29, 1.82) is 0 Å². The maximum absolute atomic E-state index is 6.09. The van der Waals surface area contributed by atoms with Gasteiger partial charge in [0.15, 0.2) is 0 Å². The molecule has 1 N–H and O–H groups in total. The minimum Gasteiger partial charge on any atom is -0.331 e. The van der Waals surface area contributed by atoms with E-state index in [1.807, 2.05) is 18.2 Å². The van der Waals surface area contributed by atoms with E-state index < -0.39 is 0 Å². The molecule has 0 aliphatic carbocycles. The molecule has 1 aromatic carbocycles. The first-order chi connectivity index (χ1) is 9.69. The fourth-order valence-corrected chi connectivity index (χ4v) is 4.16. The largest absolute Gasteiger partial charge is 0.331 e. The minimum absolute atomic E-state index is 0.753. The molecule has 2 aromatic rings. The summed E-state index contributed by atoms with van der Waals surface area (Å²) in [5.41, 5.74) is 2.20. The zero-order chi connectivity index (χ0) is 13.7. The van der Waals surface area contributed by atoms with Crippen LogP contribution in [0.1, 0.15) is 31.5 Å². The Balaban J connectivity index is 1.61. The molecule has 106 valence electrons. The van der Waals surface area contributed by atoms with Crippen molar-refractivity contribution in [3.05, 3.63) is 29.0 Å². The van der Waals surface area contributed by atoms with Crippen LogP contribution in [0, 0.1) is 5.92 Å². The van der Waals surface area contributed by atoms with Gasteiger partial charge in [-0.1, -0.05) is 11.6 Å². The number of nitrogens with one attached hydrogen (secondary N) is 1. The van der Waals surface area contributed by atoms with Crippen molar-refractivity contribution >= 4 is 22.6 Å². The van der Waals surface area contributed by atoms with Crippen molar-refractivity contribution in [3.63, 3.8) is 0 Å². The average Bonchev–Trinajstić information content (AvgIpc) is 2.92. The maximum atomic E-state index is 6.09. The second kappa shape index (κ2) is 4.74. The summed E-state index contributed by atoms with van der Waals surface area (Å²) in [7, 11) is 2.11. The molecule has 20 heavy (non-hydrogen) atoms. The van der Waals surface area contributed by atoms with Crippen LogP contribution in [0.4, 0.5) is 0 Å². The molecule has 2 fully saturated rings. The lowest BCUT2D eigenvalue weighted by molar-refractivity contribution is 0.294. The van der Waals surface area contributed by atoms with Crippen molar-refractivity contribution in [2.24, 2.45) is 13.0 Å². The quantitative estimate of drug-likeness (QED) is 0.919. The molecule has 2 aliphatic rings. The van der Waals surface area contributed by atoms with E-state index in [1.165, 1.54) is 31.5 Å². The molecule has 2 aliphatic heterocycles. The van der Waals surface area contributed by atoms with E-state index in [2.05, 4.69) is 16.9 Å². The van der Waals surface area contributed by atoms with E-state index in [0.717, 1.165) is 40.5 Å². The fraction of sp³-hybridized carbons (Fsp3) is 0.562. The number of piperidine rings is 1. The van der Waals surface area contributed by atoms with Gasteiger partial charge >= 0.3 is 0 Å². The van der Waals surface area contributed by atoms with Crippen LogP contribution in [0.15, 0.2) is 18.2 Å². The summed E-state index contributed by atoms with van der Waals surface area (Å²) >= 11 is 6.09. The van der Waals surface area contributed by atoms with Gasteiger partial charge < -0.3 is 9.88 Å². The number of halogens is 1. The molecule has 0 amide bonds. The molecular formula is C16H20ClN3. The highest BCUT2D eigenvalue weighted by Gasteiger charge is 2.33. The SMILES string of the molecule is Cn1c(CC2CC3CCC(C2)N3)nc2ccc(Cl)cc21. The van der Waals surface area contributed by atoms with Crippen molar-refractivity contribution in [2.45, 2.75) is 44.2 Å². The summed E-state index contributed by atoms with van der Waals surface area (Å²) in [4.78, 5) is 4.80. The summed E-state index contributed by atoms with van der Waals surface area (Å²) in [6.07, 6.45) is 6.43. The van der Waals surface area contributed by atoms with Crippen molar-refractivity contribution in [2.75, 3.05) is 0 Å². The van der Waals surface area contributed by atoms with E-state index in [4.69, 9.17) is 16.6 Å². The fourth-order valence-electron chi connectivity index (χ4n) is 4.00. The third kappa shape index (κ3) is 2.13. The lowest BCUT2D eigenvalue weighted by Crippen LogP contribution is -2.38.